The molecule has 0 aromatic heterocycles. The predicted octanol–water partition coefficient (Wildman–Crippen LogP) is -2.15. The molecular formula is C19H28N3NaO3. The third-order valence-corrected chi connectivity index (χ3v) is 4.70. The minimum Gasteiger partial charge on any atom is -0.550 e. The molecule has 138 valence electrons. The summed E-state index contributed by atoms with van der Waals surface area (Å²) in [6, 6.07) is 8.45. The summed E-state index contributed by atoms with van der Waals surface area (Å²) in [5.41, 5.74) is 2.33. The molecule has 0 unspecified atom stereocenters. The number of hydrogen-bond donors (Lipinski definition) is 3. The second kappa shape index (κ2) is 12.5. The van der Waals surface area contributed by atoms with E-state index < -0.39 is 5.97 Å². The Morgan fingerprint density at radius 3 is 1.92 bits per heavy atom. The van der Waals surface area contributed by atoms with E-state index >= 15 is 0 Å². The van der Waals surface area contributed by atoms with E-state index in [4.69, 9.17) is 9.90 Å². The van der Waals surface area contributed by atoms with Gasteiger partial charge in [-0.05, 0) is 82.4 Å². The van der Waals surface area contributed by atoms with Crippen LogP contribution in [0.1, 0.15) is 44.1 Å². The standard InChI is InChI=1S/C17H25N3O.C2H4O2.Na/c21-17(15-7-11-19-12-8-15)20-16-3-1-13(2-4-16)14-5-9-18-10-6-14;1-2(3)4;/h1-4,14-15,18-19H,5-12H2,(H,20,21);1H3,(H,3,4);/q;;+1/p-1. The number of carboxylic acid groups (broad SMARTS) is 1. The van der Waals surface area contributed by atoms with Crippen molar-refractivity contribution in [2.45, 2.75) is 38.5 Å². The molecule has 3 N–H and O–H groups in total. The Labute approximate surface area is 177 Å². The quantitative estimate of drug-likeness (QED) is 0.529. The average Bonchev–Trinajstić information content (AvgIpc) is 2.63. The van der Waals surface area contributed by atoms with Crippen LogP contribution in [0.15, 0.2) is 24.3 Å². The number of aliphatic carboxylic acids is 1. The first-order chi connectivity index (χ1) is 12.1. The van der Waals surface area contributed by atoms with Gasteiger partial charge < -0.3 is 25.9 Å². The zero-order valence-electron chi connectivity index (χ0n) is 15.8. The van der Waals surface area contributed by atoms with Gasteiger partial charge in [-0.2, -0.15) is 0 Å². The summed E-state index contributed by atoms with van der Waals surface area (Å²) in [7, 11) is 0. The van der Waals surface area contributed by atoms with Gasteiger partial charge in [0.1, 0.15) is 0 Å². The van der Waals surface area contributed by atoms with Crippen molar-refractivity contribution >= 4 is 17.6 Å². The Hall–Kier alpha value is -0.920. The van der Waals surface area contributed by atoms with Crippen LogP contribution >= 0.6 is 0 Å². The molecule has 2 aliphatic rings. The fourth-order valence-corrected chi connectivity index (χ4v) is 3.32. The number of piperidine rings is 2. The maximum atomic E-state index is 12.2. The van der Waals surface area contributed by atoms with Crippen molar-refractivity contribution in [1.29, 1.82) is 0 Å². The number of amides is 1. The molecule has 3 rings (SSSR count). The molecule has 0 spiro atoms. The molecule has 2 fully saturated rings. The van der Waals surface area contributed by atoms with Gasteiger partial charge in [-0.3, -0.25) is 4.79 Å². The van der Waals surface area contributed by atoms with Crippen LogP contribution in [0, 0.1) is 5.92 Å². The van der Waals surface area contributed by atoms with E-state index in [0.29, 0.717) is 5.92 Å². The zero-order chi connectivity index (χ0) is 18.1. The fourth-order valence-electron chi connectivity index (χ4n) is 3.32. The van der Waals surface area contributed by atoms with Crippen molar-refractivity contribution in [2.24, 2.45) is 5.92 Å². The minimum atomic E-state index is -1.08. The first-order valence-corrected chi connectivity index (χ1v) is 9.06. The molecule has 1 amide bonds. The van der Waals surface area contributed by atoms with E-state index in [-0.39, 0.29) is 41.4 Å². The summed E-state index contributed by atoms with van der Waals surface area (Å²) in [4.78, 5) is 21.1. The Kier molecular flexibility index (Phi) is 11.1. The molecule has 2 aliphatic heterocycles. The topological polar surface area (TPSA) is 93.3 Å². The van der Waals surface area contributed by atoms with Crippen molar-refractivity contribution in [3.8, 4) is 0 Å². The monoisotopic (exact) mass is 369 g/mol. The van der Waals surface area contributed by atoms with Crippen LogP contribution in [0.3, 0.4) is 0 Å². The van der Waals surface area contributed by atoms with Gasteiger partial charge in [0.25, 0.3) is 0 Å². The van der Waals surface area contributed by atoms with Gasteiger partial charge in [0.05, 0.1) is 0 Å². The largest absolute Gasteiger partial charge is 1.00 e. The fraction of sp³-hybridized carbons (Fsp3) is 0.579. The molecule has 0 atom stereocenters. The normalized spacial score (nSPS) is 18.0. The van der Waals surface area contributed by atoms with Crippen LogP contribution in [-0.2, 0) is 9.59 Å². The number of carbonyl (C=O) groups excluding carboxylic acids is 2. The summed E-state index contributed by atoms with van der Waals surface area (Å²) in [6.45, 7) is 5.09. The smallest absolute Gasteiger partial charge is 0.550 e. The molecule has 2 heterocycles. The van der Waals surface area contributed by atoms with Crippen molar-refractivity contribution in [1.82, 2.24) is 10.6 Å². The molecule has 2 saturated heterocycles. The van der Waals surface area contributed by atoms with Gasteiger partial charge in [-0.25, -0.2) is 0 Å². The SMILES string of the molecule is CC(=O)[O-].O=C(Nc1ccc(C2CCNCC2)cc1)C1CCNCC1.[Na+]. The second-order valence-electron chi connectivity index (χ2n) is 6.65. The number of hydrogen-bond acceptors (Lipinski definition) is 5. The summed E-state index contributed by atoms with van der Waals surface area (Å²) >= 11 is 0. The van der Waals surface area contributed by atoms with E-state index in [1.807, 2.05) is 0 Å². The molecule has 0 radical (unpaired) electrons. The van der Waals surface area contributed by atoms with Gasteiger partial charge in [0.15, 0.2) is 0 Å². The third-order valence-electron chi connectivity index (χ3n) is 4.70. The number of carbonyl (C=O) groups is 2. The maximum absolute atomic E-state index is 12.2. The molecule has 1 aromatic rings. The molecule has 6 nitrogen and oxygen atoms in total. The van der Waals surface area contributed by atoms with Gasteiger partial charge in [0, 0.05) is 17.6 Å². The van der Waals surface area contributed by atoms with E-state index in [0.717, 1.165) is 51.6 Å². The van der Waals surface area contributed by atoms with Crippen molar-refractivity contribution in [2.75, 3.05) is 31.5 Å². The molecule has 26 heavy (non-hydrogen) atoms. The second-order valence-corrected chi connectivity index (χ2v) is 6.65. The van der Waals surface area contributed by atoms with E-state index in [9.17, 15) is 4.79 Å². The first kappa shape index (κ1) is 23.1. The summed E-state index contributed by atoms with van der Waals surface area (Å²) in [5, 5.41) is 18.6. The van der Waals surface area contributed by atoms with Crippen LogP contribution in [-0.4, -0.2) is 38.1 Å². The predicted molar refractivity (Wildman–Crippen MR) is 96.2 cm³/mol. The van der Waals surface area contributed by atoms with Crippen molar-refractivity contribution in [3.05, 3.63) is 29.8 Å². The van der Waals surface area contributed by atoms with Crippen molar-refractivity contribution in [3.63, 3.8) is 0 Å². The van der Waals surface area contributed by atoms with Crippen LogP contribution in [0.2, 0.25) is 0 Å². The number of carboxylic acids is 1. The van der Waals surface area contributed by atoms with E-state index in [2.05, 4.69) is 40.2 Å². The molecule has 0 bridgehead atoms. The van der Waals surface area contributed by atoms with Crippen LogP contribution < -0.4 is 50.6 Å². The Balaban J connectivity index is 0.000000616. The number of benzene rings is 1. The Morgan fingerprint density at radius 2 is 1.42 bits per heavy atom. The van der Waals surface area contributed by atoms with Gasteiger partial charge in [0.2, 0.25) is 5.91 Å². The van der Waals surface area contributed by atoms with Crippen LogP contribution in [0.25, 0.3) is 0 Å². The minimum absolute atomic E-state index is 0. The van der Waals surface area contributed by atoms with E-state index in [1.54, 1.807) is 0 Å². The van der Waals surface area contributed by atoms with Gasteiger partial charge in [-0.15, -0.1) is 0 Å². The number of nitrogens with one attached hydrogen (secondary N) is 3. The zero-order valence-corrected chi connectivity index (χ0v) is 17.8. The van der Waals surface area contributed by atoms with Gasteiger partial charge >= 0.3 is 29.6 Å². The van der Waals surface area contributed by atoms with Gasteiger partial charge in [-0.1, -0.05) is 12.1 Å². The Bertz CT molecular complexity index is 550. The summed E-state index contributed by atoms with van der Waals surface area (Å²) in [5.74, 6) is -0.0816. The molecule has 7 heteroatoms. The van der Waals surface area contributed by atoms with Crippen LogP contribution in [0.5, 0.6) is 0 Å². The van der Waals surface area contributed by atoms with E-state index in [1.165, 1.54) is 18.4 Å². The van der Waals surface area contributed by atoms with Crippen LogP contribution in [0.4, 0.5) is 5.69 Å². The first-order valence-electron chi connectivity index (χ1n) is 9.06. The summed E-state index contributed by atoms with van der Waals surface area (Å²) < 4.78 is 0. The molecule has 0 saturated carbocycles. The summed E-state index contributed by atoms with van der Waals surface area (Å²) in [6.07, 6.45) is 4.31. The Morgan fingerprint density at radius 1 is 0.962 bits per heavy atom. The molecule has 0 aliphatic carbocycles. The average molecular weight is 369 g/mol. The van der Waals surface area contributed by atoms with Crippen molar-refractivity contribution < 1.29 is 44.3 Å². The third kappa shape index (κ3) is 8.18. The number of rotatable bonds is 3. The molecule has 1 aromatic carbocycles. The maximum Gasteiger partial charge on any atom is 1.00 e. The number of anilines is 1. The molecular weight excluding hydrogens is 341 g/mol.